The van der Waals surface area contributed by atoms with Gasteiger partial charge in [0, 0.05) is 17.8 Å². The highest BCUT2D eigenvalue weighted by Crippen LogP contribution is 2.14. The summed E-state index contributed by atoms with van der Waals surface area (Å²) < 4.78 is 3.73. The van der Waals surface area contributed by atoms with Crippen LogP contribution in [0, 0.1) is 0 Å². The normalized spacial score (nSPS) is 12.7. The van der Waals surface area contributed by atoms with Gasteiger partial charge in [-0.3, -0.25) is 9.97 Å². The van der Waals surface area contributed by atoms with Crippen LogP contribution in [0.3, 0.4) is 0 Å². The number of rotatable bonds is 2. The molecular formula is C7H7N5S. The van der Waals surface area contributed by atoms with Gasteiger partial charge in [0.25, 0.3) is 0 Å². The van der Waals surface area contributed by atoms with E-state index in [1.807, 2.05) is 0 Å². The maximum absolute atomic E-state index is 5.86. The van der Waals surface area contributed by atoms with Gasteiger partial charge in [-0.15, -0.1) is 5.10 Å². The second-order valence-electron chi connectivity index (χ2n) is 2.44. The van der Waals surface area contributed by atoms with Gasteiger partial charge in [0.1, 0.15) is 0 Å². The van der Waals surface area contributed by atoms with Crippen LogP contribution >= 0.6 is 11.5 Å². The van der Waals surface area contributed by atoms with Crippen LogP contribution in [0.1, 0.15) is 17.4 Å². The van der Waals surface area contributed by atoms with Gasteiger partial charge in [0.15, 0.2) is 0 Å². The first-order valence-corrected chi connectivity index (χ1v) is 4.50. The lowest BCUT2D eigenvalue weighted by molar-refractivity contribution is 0.778. The fourth-order valence-corrected chi connectivity index (χ4v) is 1.42. The van der Waals surface area contributed by atoms with E-state index in [2.05, 4.69) is 19.6 Å². The second-order valence-corrected chi connectivity index (χ2v) is 3.05. The summed E-state index contributed by atoms with van der Waals surface area (Å²) in [5.41, 5.74) is 7.29. The van der Waals surface area contributed by atoms with E-state index in [4.69, 9.17) is 5.73 Å². The molecule has 5 nitrogen and oxygen atoms in total. The summed E-state index contributed by atoms with van der Waals surface area (Å²) in [6.07, 6.45) is 4.84. The van der Waals surface area contributed by atoms with Crippen molar-refractivity contribution < 1.29 is 0 Å². The van der Waals surface area contributed by atoms with E-state index in [0.29, 0.717) is 5.69 Å². The van der Waals surface area contributed by atoms with Crippen molar-refractivity contribution in [2.24, 2.45) is 5.73 Å². The maximum atomic E-state index is 5.86. The van der Waals surface area contributed by atoms with Crippen molar-refractivity contribution in [3.63, 3.8) is 0 Å². The molecular weight excluding hydrogens is 186 g/mol. The van der Waals surface area contributed by atoms with Gasteiger partial charge in [0.2, 0.25) is 0 Å². The first-order chi connectivity index (χ1) is 6.38. The van der Waals surface area contributed by atoms with Crippen molar-refractivity contribution in [2.45, 2.75) is 6.04 Å². The molecule has 2 heterocycles. The Labute approximate surface area is 78.8 Å². The molecule has 0 aliphatic heterocycles. The summed E-state index contributed by atoms with van der Waals surface area (Å²) in [5, 5.41) is 5.67. The Balaban J connectivity index is 2.29. The molecule has 2 aromatic heterocycles. The smallest absolute Gasteiger partial charge is 0.0984 e. The Bertz CT molecular complexity index is 360. The molecule has 0 aliphatic rings. The highest BCUT2D eigenvalue weighted by molar-refractivity contribution is 7.03. The Morgan fingerprint density at radius 2 is 2.23 bits per heavy atom. The predicted molar refractivity (Wildman–Crippen MR) is 48.0 cm³/mol. The molecule has 0 fully saturated rings. The topological polar surface area (TPSA) is 77.6 Å². The van der Waals surface area contributed by atoms with Gasteiger partial charge < -0.3 is 5.73 Å². The molecule has 66 valence electrons. The summed E-state index contributed by atoms with van der Waals surface area (Å²) in [6, 6.07) is -0.326. The molecule has 2 aromatic rings. The minimum atomic E-state index is -0.326. The molecule has 0 aliphatic carbocycles. The Morgan fingerprint density at radius 3 is 2.85 bits per heavy atom. The SMILES string of the molecule is NC(c1cnccn1)c1csnn1. The molecule has 0 spiro atoms. The van der Waals surface area contributed by atoms with Gasteiger partial charge >= 0.3 is 0 Å². The first-order valence-electron chi connectivity index (χ1n) is 3.66. The standard InChI is InChI=1S/C7H7N5S/c8-7(6-4-13-12-11-6)5-3-9-1-2-10-5/h1-4,7H,8H2. The Hall–Kier alpha value is -1.40. The molecule has 0 saturated heterocycles. The average Bonchev–Trinajstić information content (AvgIpc) is 2.71. The molecule has 1 unspecified atom stereocenters. The lowest BCUT2D eigenvalue weighted by Crippen LogP contribution is -2.14. The van der Waals surface area contributed by atoms with E-state index in [1.54, 1.807) is 24.0 Å². The number of nitrogens with zero attached hydrogens (tertiary/aromatic N) is 4. The third-order valence-electron chi connectivity index (χ3n) is 1.60. The van der Waals surface area contributed by atoms with Crippen LogP contribution < -0.4 is 5.73 Å². The highest BCUT2D eigenvalue weighted by atomic mass is 32.1. The molecule has 0 amide bonds. The van der Waals surface area contributed by atoms with Crippen molar-refractivity contribution >= 4 is 11.5 Å². The van der Waals surface area contributed by atoms with E-state index >= 15 is 0 Å². The van der Waals surface area contributed by atoms with E-state index in [9.17, 15) is 0 Å². The van der Waals surface area contributed by atoms with Crippen molar-refractivity contribution in [3.8, 4) is 0 Å². The molecule has 2 rings (SSSR count). The largest absolute Gasteiger partial charge is 0.318 e. The Morgan fingerprint density at radius 1 is 1.31 bits per heavy atom. The summed E-state index contributed by atoms with van der Waals surface area (Å²) in [6.45, 7) is 0. The second kappa shape index (κ2) is 3.55. The molecule has 2 N–H and O–H groups in total. The van der Waals surface area contributed by atoms with Crippen LogP contribution in [0.25, 0.3) is 0 Å². The minimum absolute atomic E-state index is 0.326. The highest BCUT2D eigenvalue weighted by Gasteiger charge is 2.12. The molecule has 0 aromatic carbocycles. The van der Waals surface area contributed by atoms with Crippen molar-refractivity contribution in [1.29, 1.82) is 0 Å². The summed E-state index contributed by atoms with van der Waals surface area (Å²) in [4.78, 5) is 8.01. The lowest BCUT2D eigenvalue weighted by Gasteiger charge is -2.05. The van der Waals surface area contributed by atoms with Gasteiger partial charge in [-0.2, -0.15) is 0 Å². The van der Waals surface area contributed by atoms with Crippen molar-refractivity contribution in [2.75, 3.05) is 0 Å². The summed E-state index contributed by atoms with van der Waals surface area (Å²) in [7, 11) is 0. The Kier molecular flexibility index (Phi) is 2.24. The van der Waals surface area contributed by atoms with Gasteiger partial charge in [0.05, 0.1) is 23.6 Å². The summed E-state index contributed by atoms with van der Waals surface area (Å²) in [5.74, 6) is 0. The van der Waals surface area contributed by atoms with E-state index in [-0.39, 0.29) is 6.04 Å². The number of hydrogen-bond acceptors (Lipinski definition) is 6. The lowest BCUT2D eigenvalue weighted by atomic mass is 10.2. The van der Waals surface area contributed by atoms with Gasteiger partial charge in [-0.05, 0) is 11.5 Å². The zero-order valence-corrected chi connectivity index (χ0v) is 7.48. The third kappa shape index (κ3) is 1.68. The average molecular weight is 193 g/mol. The van der Waals surface area contributed by atoms with E-state index < -0.39 is 0 Å². The van der Waals surface area contributed by atoms with Gasteiger partial charge in [-0.1, -0.05) is 4.49 Å². The predicted octanol–water partition coefficient (Wildman–Crippen LogP) is 0.376. The van der Waals surface area contributed by atoms with Crippen molar-refractivity contribution in [1.82, 2.24) is 19.6 Å². The minimum Gasteiger partial charge on any atom is -0.318 e. The molecule has 0 bridgehead atoms. The molecule has 0 radical (unpaired) electrons. The van der Waals surface area contributed by atoms with Crippen LogP contribution in [-0.4, -0.2) is 19.6 Å². The zero-order valence-electron chi connectivity index (χ0n) is 6.66. The fourth-order valence-electron chi connectivity index (χ4n) is 0.930. The monoisotopic (exact) mass is 193 g/mol. The van der Waals surface area contributed by atoms with Crippen molar-refractivity contribution in [3.05, 3.63) is 35.4 Å². The molecule has 1 atom stereocenters. The molecule has 6 heteroatoms. The van der Waals surface area contributed by atoms with Crippen LogP contribution in [-0.2, 0) is 0 Å². The van der Waals surface area contributed by atoms with Crippen LogP contribution in [0.15, 0.2) is 24.0 Å². The number of aromatic nitrogens is 4. The van der Waals surface area contributed by atoms with E-state index in [0.717, 1.165) is 5.69 Å². The maximum Gasteiger partial charge on any atom is 0.0984 e. The third-order valence-corrected chi connectivity index (χ3v) is 2.12. The number of nitrogens with two attached hydrogens (primary N) is 1. The first kappa shape index (κ1) is 8.21. The summed E-state index contributed by atoms with van der Waals surface area (Å²) >= 11 is 1.27. The fraction of sp³-hybridized carbons (Fsp3) is 0.143. The number of hydrogen-bond donors (Lipinski definition) is 1. The quantitative estimate of drug-likeness (QED) is 0.745. The van der Waals surface area contributed by atoms with Crippen LogP contribution in [0.2, 0.25) is 0 Å². The van der Waals surface area contributed by atoms with Crippen LogP contribution in [0.4, 0.5) is 0 Å². The van der Waals surface area contributed by atoms with Crippen LogP contribution in [0.5, 0.6) is 0 Å². The van der Waals surface area contributed by atoms with E-state index in [1.165, 1.54) is 11.5 Å². The van der Waals surface area contributed by atoms with Gasteiger partial charge in [-0.25, -0.2) is 0 Å². The zero-order chi connectivity index (χ0) is 9.10. The molecule has 13 heavy (non-hydrogen) atoms. The molecule has 0 saturated carbocycles.